The van der Waals surface area contributed by atoms with Crippen molar-refractivity contribution < 1.29 is 14.3 Å². The van der Waals surface area contributed by atoms with Gasteiger partial charge in [0.25, 0.3) is 11.5 Å². The molecule has 1 aliphatic carbocycles. The van der Waals surface area contributed by atoms with Crippen LogP contribution >= 0.6 is 0 Å². The van der Waals surface area contributed by atoms with Gasteiger partial charge in [-0.05, 0) is 63.6 Å². The Balaban J connectivity index is 1.64. The van der Waals surface area contributed by atoms with Crippen LogP contribution in [0.5, 0.6) is 0 Å². The van der Waals surface area contributed by atoms with E-state index in [4.69, 9.17) is 4.74 Å². The molecule has 9 nitrogen and oxygen atoms in total. The number of nitriles is 2. The van der Waals surface area contributed by atoms with Crippen molar-refractivity contribution in [2.24, 2.45) is 0 Å². The molecule has 2 N–H and O–H groups in total. The molecule has 2 aromatic rings. The molecule has 3 rings (SSSR count). The maximum Gasteiger partial charge on any atom is 0.306 e. The summed E-state index contributed by atoms with van der Waals surface area (Å²) in [4.78, 5) is 39.3. The third kappa shape index (κ3) is 4.89. The molecular formula is C25H29N5O4. The standard InChI is InChI=1S/C25H29N5O4/c1-14-17(4)30(18-7-5-6-8-18)24(20(14)11-26)29-22(31)13-34-23(32)10-9-19-15(2)21(12-27)25(33)28-16(19)3/h18H,5-10,13H2,1-4H3,(H,28,33)(H,29,31). The highest BCUT2D eigenvalue weighted by atomic mass is 16.5. The molecule has 0 aromatic carbocycles. The van der Waals surface area contributed by atoms with Gasteiger partial charge in [0, 0.05) is 23.9 Å². The number of esters is 1. The number of pyridine rings is 1. The molecule has 1 aliphatic rings. The predicted octanol–water partition coefficient (Wildman–Crippen LogP) is 3.38. The predicted molar refractivity (Wildman–Crippen MR) is 125 cm³/mol. The third-order valence-electron chi connectivity index (χ3n) is 6.68. The lowest BCUT2D eigenvalue weighted by Gasteiger charge is -2.19. The van der Waals surface area contributed by atoms with Gasteiger partial charge < -0.3 is 19.6 Å². The summed E-state index contributed by atoms with van der Waals surface area (Å²) in [5.74, 6) is -0.614. The zero-order chi connectivity index (χ0) is 25.0. The summed E-state index contributed by atoms with van der Waals surface area (Å²) in [6.07, 6.45) is 4.47. The van der Waals surface area contributed by atoms with Crippen LogP contribution in [0.25, 0.3) is 0 Å². The molecule has 0 atom stereocenters. The fraction of sp³-hybridized carbons (Fsp3) is 0.480. The molecule has 0 spiro atoms. The summed E-state index contributed by atoms with van der Waals surface area (Å²) < 4.78 is 7.19. The van der Waals surface area contributed by atoms with Gasteiger partial charge in [0.05, 0.1) is 5.56 Å². The number of carbonyl (C=O) groups excluding carboxylic acids is 2. The van der Waals surface area contributed by atoms with Crippen LogP contribution in [0.15, 0.2) is 4.79 Å². The molecule has 9 heteroatoms. The molecule has 178 valence electrons. The minimum atomic E-state index is -0.572. The van der Waals surface area contributed by atoms with E-state index in [0.717, 1.165) is 36.9 Å². The average Bonchev–Trinajstić information content (AvgIpc) is 3.39. The van der Waals surface area contributed by atoms with E-state index in [9.17, 15) is 24.9 Å². The SMILES string of the molecule is Cc1[nH]c(=O)c(C#N)c(C)c1CCC(=O)OCC(=O)Nc1c(C#N)c(C)c(C)n1C1CCCC1. The Bertz CT molecular complexity index is 1270. The molecule has 0 radical (unpaired) electrons. The van der Waals surface area contributed by atoms with E-state index in [0.29, 0.717) is 28.2 Å². The fourth-order valence-corrected chi connectivity index (χ4v) is 4.74. The Hall–Kier alpha value is -3.85. The number of ether oxygens (including phenoxy) is 1. The molecule has 2 heterocycles. The van der Waals surface area contributed by atoms with E-state index >= 15 is 0 Å². The second-order valence-electron chi connectivity index (χ2n) is 8.73. The highest BCUT2D eigenvalue weighted by molar-refractivity contribution is 5.93. The van der Waals surface area contributed by atoms with Crippen LogP contribution in [0, 0.1) is 50.4 Å². The van der Waals surface area contributed by atoms with Gasteiger partial charge in [-0.1, -0.05) is 12.8 Å². The number of H-pyrrole nitrogens is 1. The Labute approximate surface area is 198 Å². The first-order valence-corrected chi connectivity index (χ1v) is 11.4. The number of anilines is 1. The quantitative estimate of drug-likeness (QED) is 0.603. The molecule has 0 saturated heterocycles. The minimum Gasteiger partial charge on any atom is -0.456 e. The van der Waals surface area contributed by atoms with Crippen LogP contribution < -0.4 is 10.9 Å². The number of nitrogens with one attached hydrogen (secondary N) is 2. The highest BCUT2D eigenvalue weighted by Gasteiger charge is 2.27. The Morgan fingerprint density at radius 1 is 1.09 bits per heavy atom. The van der Waals surface area contributed by atoms with E-state index in [1.807, 2.05) is 24.5 Å². The lowest BCUT2D eigenvalue weighted by atomic mass is 9.99. The number of aromatic amines is 1. The smallest absolute Gasteiger partial charge is 0.306 e. The molecule has 0 bridgehead atoms. The number of amides is 1. The third-order valence-corrected chi connectivity index (χ3v) is 6.68. The van der Waals surface area contributed by atoms with Crippen molar-refractivity contribution in [3.8, 4) is 12.1 Å². The van der Waals surface area contributed by atoms with E-state index in [1.165, 1.54) is 0 Å². The Morgan fingerprint density at radius 2 is 1.74 bits per heavy atom. The first-order chi connectivity index (χ1) is 16.2. The number of rotatable bonds is 7. The summed E-state index contributed by atoms with van der Waals surface area (Å²) in [5.41, 5.74) is 3.64. The normalized spacial score (nSPS) is 13.4. The first-order valence-electron chi connectivity index (χ1n) is 11.4. The zero-order valence-corrected chi connectivity index (χ0v) is 20.0. The Morgan fingerprint density at radius 3 is 2.35 bits per heavy atom. The number of nitrogens with zero attached hydrogens (tertiary/aromatic N) is 3. The summed E-state index contributed by atoms with van der Waals surface area (Å²) in [5, 5.41) is 21.6. The van der Waals surface area contributed by atoms with Crippen LogP contribution in [0.1, 0.15) is 77.4 Å². The lowest BCUT2D eigenvalue weighted by Crippen LogP contribution is -2.24. The van der Waals surface area contributed by atoms with E-state index in [2.05, 4.69) is 16.4 Å². The van der Waals surface area contributed by atoms with Gasteiger partial charge in [0.1, 0.15) is 23.5 Å². The number of carbonyl (C=O) groups is 2. The summed E-state index contributed by atoms with van der Waals surface area (Å²) in [6, 6.07) is 4.31. The highest BCUT2D eigenvalue weighted by Crippen LogP contribution is 2.37. The second kappa shape index (κ2) is 10.4. The van der Waals surface area contributed by atoms with Crippen molar-refractivity contribution in [2.75, 3.05) is 11.9 Å². The minimum absolute atomic E-state index is 0.00795. The van der Waals surface area contributed by atoms with Gasteiger partial charge in [-0.15, -0.1) is 0 Å². The van der Waals surface area contributed by atoms with E-state index in [1.54, 1.807) is 13.8 Å². The topological polar surface area (TPSA) is 141 Å². The maximum absolute atomic E-state index is 12.6. The van der Waals surface area contributed by atoms with Crippen molar-refractivity contribution in [1.29, 1.82) is 10.5 Å². The summed E-state index contributed by atoms with van der Waals surface area (Å²) in [6.45, 7) is 6.73. The lowest BCUT2D eigenvalue weighted by molar-refractivity contribution is -0.147. The van der Waals surface area contributed by atoms with Gasteiger partial charge in [-0.3, -0.25) is 14.4 Å². The van der Waals surface area contributed by atoms with Crippen LogP contribution in [0.4, 0.5) is 5.82 Å². The van der Waals surface area contributed by atoms with Crippen LogP contribution in [0.3, 0.4) is 0 Å². The number of aryl methyl sites for hydroxylation is 1. The first kappa shape index (κ1) is 24.8. The monoisotopic (exact) mass is 463 g/mol. The van der Waals surface area contributed by atoms with E-state index < -0.39 is 24.0 Å². The fourth-order valence-electron chi connectivity index (χ4n) is 4.74. The summed E-state index contributed by atoms with van der Waals surface area (Å²) >= 11 is 0. The number of hydrogen-bond acceptors (Lipinski definition) is 6. The van der Waals surface area contributed by atoms with Crippen LogP contribution in [-0.4, -0.2) is 28.0 Å². The maximum atomic E-state index is 12.6. The molecular weight excluding hydrogens is 434 g/mol. The van der Waals surface area contributed by atoms with Crippen molar-refractivity contribution in [1.82, 2.24) is 9.55 Å². The van der Waals surface area contributed by atoms with Gasteiger partial charge in [0.15, 0.2) is 6.61 Å². The van der Waals surface area contributed by atoms with Crippen LogP contribution in [-0.2, 0) is 20.7 Å². The molecule has 1 fully saturated rings. The molecule has 0 unspecified atom stereocenters. The van der Waals surface area contributed by atoms with Gasteiger partial charge >= 0.3 is 5.97 Å². The van der Waals surface area contributed by atoms with E-state index in [-0.39, 0.29) is 24.4 Å². The summed E-state index contributed by atoms with van der Waals surface area (Å²) in [7, 11) is 0. The second-order valence-corrected chi connectivity index (χ2v) is 8.73. The van der Waals surface area contributed by atoms with Crippen LogP contribution in [0.2, 0.25) is 0 Å². The van der Waals surface area contributed by atoms with Crippen molar-refractivity contribution in [3.63, 3.8) is 0 Å². The molecule has 1 amide bonds. The molecule has 1 saturated carbocycles. The van der Waals surface area contributed by atoms with Gasteiger partial charge in [-0.25, -0.2) is 0 Å². The van der Waals surface area contributed by atoms with Crippen molar-refractivity contribution >= 4 is 17.7 Å². The largest absolute Gasteiger partial charge is 0.456 e. The Kier molecular flexibility index (Phi) is 7.57. The zero-order valence-electron chi connectivity index (χ0n) is 20.0. The molecule has 2 aromatic heterocycles. The van der Waals surface area contributed by atoms with Gasteiger partial charge in [-0.2, -0.15) is 10.5 Å². The van der Waals surface area contributed by atoms with Gasteiger partial charge in [0.2, 0.25) is 0 Å². The molecule has 34 heavy (non-hydrogen) atoms. The van der Waals surface area contributed by atoms with Crippen molar-refractivity contribution in [3.05, 3.63) is 49.6 Å². The number of hydrogen-bond donors (Lipinski definition) is 2. The number of aromatic nitrogens is 2. The average molecular weight is 464 g/mol. The molecule has 0 aliphatic heterocycles. The van der Waals surface area contributed by atoms with Crippen molar-refractivity contribution in [2.45, 2.75) is 72.3 Å².